The van der Waals surface area contributed by atoms with Crippen LogP contribution in [0.2, 0.25) is 0 Å². The van der Waals surface area contributed by atoms with Crippen LogP contribution >= 0.6 is 11.3 Å². The Morgan fingerprint density at radius 2 is 1.63 bits per heavy atom. The summed E-state index contributed by atoms with van der Waals surface area (Å²) >= 11 is 1.66. The standard InChI is InChI=1S/C26H23N3S/c1-18-13-14-19(2)22(15-18)24-17-30-26(27-24)29-25(21-11-7-4-8-12-21)16-23(28-29)20-9-5-3-6-10-20/h3-15,17,25H,16H2,1-2H3. The molecule has 0 aliphatic carbocycles. The van der Waals surface area contributed by atoms with Crippen molar-refractivity contribution in [1.29, 1.82) is 0 Å². The molecule has 1 aromatic heterocycles. The predicted octanol–water partition coefficient (Wildman–Crippen LogP) is 6.78. The molecule has 0 bridgehead atoms. The lowest BCUT2D eigenvalue weighted by atomic mass is 9.99. The van der Waals surface area contributed by atoms with Gasteiger partial charge in [0.05, 0.1) is 17.4 Å². The zero-order valence-electron chi connectivity index (χ0n) is 17.1. The van der Waals surface area contributed by atoms with Crippen LogP contribution in [0, 0.1) is 13.8 Å². The molecule has 1 aliphatic heterocycles. The van der Waals surface area contributed by atoms with Crippen molar-refractivity contribution in [1.82, 2.24) is 4.98 Å². The molecule has 3 aromatic carbocycles. The lowest BCUT2D eigenvalue weighted by Crippen LogP contribution is -2.18. The SMILES string of the molecule is Cc1ccc(C)c(-c2csc(N3N=C(c4ccccc4)CC3c3ccccc3)n2)c1. The maximum atomic E-state index is 5.03. The molecule has 1 unspecified atom stereocenters. The van der Waals surface area contributed by atoms with Gasteiger partial charge in [0.2, 0.25) is 5.13 Å². The third-order valence-electron chi connectivity index (χ3n) is 5.56. The minimum atomic E-state index is 0.152. The van der Waals surface area contributed by atoms with E-state index in [-0.39, 0.29) is 6.04 Å². The molecule has 0 saturated carbocycles. The summed E-state index contributed by atoms with van der Waals surface area (Å²) < 4.78 is 0. The monoisotopic (exact) mass is 409 g/mol. The van der Waals surface area contributed by atoms with E-state index in [2.05, 4.69) is 97.0 Å². The molecule has 0 saturated heterocycles. The van der Waals surface area contributed by atoms with Crippen molar-refractivity contribution in [2.75, 3.05) is 5.01 Å². The second-order valence-corrected chi connectivity index (χ2v) is 8.56. The molecule has 148 valence electrons. The molecule has 2 heterocycles. The van der Waals surface area contributed by atoms with Crippen molar-refractivity contribution in [3.63, 3.8) is 0 Å². The Kier molecular flexibility index (Phi) is 4.93. The normalized spacial score (nSPS) is 16.0. The van der Waals surface area contributed by atoms with E-state index in [1.54, 1.807) is 11.3 Å². The first kappa shape index (κ1) is 18.8. The highest BCUT2D eigenvalue weighted by molar-refractivity contribution is 7.14. The number of hydrogen-bond acceptors (Lipinski definition) is 4. The molecule has 3 nitrogen and oxygen atoms in total. The molecule has 30 heavy (non-hydrogen) atoms. The lowest BCUT2D eigenvalue weighted by Gasteiger charge is -2.21. The number of rotatable bonds is 4. The van der Waals surface area contributed by atoms with Gasteiger partial charge in [0.25, 0.3) is 0 Å². The lowest BCUT2D eigenvalue weighted by molar-refractivity contribution is 0.706. The summed E-state index contributed by atoms with van der Waals surface area (Å²) in [5.74, 6) is 0. The van der Waals surface area contributed by atoms with Crippen LogP contribution in [-0.4, -0.2) is 10.7 Å². The molecule has 0 radical (unpaired) electrons. The van der Waals surface area contributed by atoms with E-state index in [0.717, 1.165) is 23.0 Å². The van der Waals surface area contributed by atoms with Gasteiger partial charge in [-0.25, -0.2) is 9.99 Å². The summed E-state index contributed by atoms with van der Waals surface area (Å²) in [5.41, 5.74) is 8.24. The first-order valence-corrected chi connectivity index (χ1v) is 11.1. The van der Waals surface area contributed by atoms with E-state index < -0.39 is 0 Å². The molecule has 4 aromatic rings. The molecule has 1 atom stereocenters. The third-order valence-corrected chi connectivity index (χ3v) is 6.39. The van der Waals surface area contributed by atoms with E-state index in [1.165, 1.54) is 27.8 Å². The van der Waals surface area contributed by atoms with Gasteiger partial charge in [-0.1, -0.05) is 78.4 Å². The highest BCUT2D eigenvalue weighted by Gasteiger charge is 2.31. The van der Waals surface area contributed by atoms with Gasteiger partial charge in [0.15, 0.2) is 0 Å². The quantitative estimate of drug-likeness (QED) is 0.371. The van der Waals surface area contributed by atoms with Gasteiger partial charge in [-0.05, 0) is 36.6 Å². The number of aryl methyl sites for hydroxylation is 2. The van der Waals surface area contributed by atoms with Gasteiger partial charge in [0, 0.05) is 17.4 Å². The summed E-state index contributed by atoms with van der Waals surface area (Å²) in [6, 6.07) is 27.7. The fourth-order valence-corrected chi connectivity index (χ4v) is 4.76. The molecule has 0 N–H and O–H groups in total. The summed E-state index contributed by atoms with van der Waals surface area (Å²) in [6.07, 6.45) is 0.867. The van der Waals surface area contributed by atoms with Crippen LogP contribution in [0.1, 0.15) is 34.7 Å². The van der Waals surface area contributed by atoms with Crippen LogP contribution in [-0.2, 0) is 0 Å². The topological polar surface area (TPSA) is 28.5 Å². The molecule has 1 aliphatic rings. The van der Waals surface area contributed by atoms with Crippen LogP contribution in [0.4, 0.5) is 5.13 Å². The summed E-state index contributed by atoms with van der Waals surface area (Å²) in [4.78, 5) is 5.01. The molecular formula is C26H23N3S. The Morgan fingerprint density at radius 1 is 0.900 bits per heavy atom. The minimum Gasteiger partial charge on any atom is -0.231 e. The average Bonchev–Trinajstić information content (AvgIpc) is 3.44. The second-order valence-electron chi connectivity index (χ2n) is 7.72. The van der Waals surface area contributed by atoms with Crippen LogP contribution in [0.25, 0.3) is 11.3 Å². The van der Waals surface area contributed by atoms with E-state index in [4.69, 9.17) is 10.1 Å². The number of hydrogen-bond donors (Lipinski definition) is 0. The highest BCUT2D eigenvalue weighted by Crippen LogP contribution is 2.39. The van der Waals surface area contributed by atoms with Crippen molar-refractivity contribution >= 4 is 22.2 Å². The van der Waals surface area contributed by atoms with E-state index in [1.807, 2.05) is 6.07 Å². The minimum absolute atomic E-state index is 0.152. The van der Waals surface area contributed by atoms with Crippen molar-refractivity contribution in [3.8, 4) is 11.3 Å². The molecule has 5 rings (SSSR count). The van der Waals surface area contributed by atoms with Gasteiger partial charge in [-0.2, -0.15) is 5.10 Å². The molecule has 0 fully saturated rings. The van der Waals surface area contributed by atoms with Crippen LogP contribution in [0.3, 0.4) is 0 Å². The van der Waals surface area contributed by atoms with Crippen molar-refractivity contribution in [2.45, 2.75) is 26.3 Å². The maximum Gasteiger partial charge on any atom is 0.207 e. The van der Waals surface area contributed by atoms with Crippen molar-refractivity contribution in [2.24, 2.45) is 5.10 Å². The number of aromatic nitrogens is 1. The number of thiazole rings is 1. The predicted molar refractivity (Wildman–Crippen MR) is 126 cm³/mol. The van der Waals surface area contributed by atoms with E-state index in [9.17, 15) is 0 Å². The Balaban J connectivity index is 1.55. The fraction of sp³-hybridized carbons (Fsp3) is 0.154. The number of benzene rings is 3. The zero-order chi connectivity index (χ0) is 20.5. The number of hydrazone groups is 1. The van der Waals surface area contributed by atoms with E-state index in [0.29, 0.717) is 0 Å². The van der Waals surface area contributed by atoms with Gasteiger partial charge in [0.1, 0.15) is 0 Å². The molecule has 4 heteroatoms. The Labute approximate surface area is 181 Å². The smallest absolute Gasteiger partial charge is 0.207 e. The Bertz CT molecular complexity index is 1200. The molecule has 0 amide bonds. The highest BCUT2D eigenvalue weighted by atomic mass is 32.1. The molecular weight excluding hydrogens is 386 g/mol. The van der Waals surface area contributed by atoms with Gasteiger partial charge in [-0.3, -0.25) is 0 Å². The Morgan fingerprint density at radius 3 is 2.40 bits per heavy atom. The second kappa shape index (κ2) is 7.88. The van der Waals surface area contributed by atoms with Gasteiger partial charge < -0.3 is 0 Å². The largest absolute Gasteiger partial charge is 0.231 e. The molecule has 0 spiro atoms. The van der Waals surface area contributed by atoms with Crippen LogP contribution in [0.15, 0.2) is 89.3 Å². The summed E-state index contributed by atoms with van der Waals surface area (Å²) in [7, 11) is 0. The fourth-order valence-electron chi connectivity index (χ4n) is 3.93. The van der Waals surface area contributed by atoms with Crippen molar-refractivity contribution in [3.05, 3.63) is 106 Å². The number of nitrogens with zero attached hydrogens (tertiary/aromatic N) is 3. The van der Waals surface area contributed by atoms with Crippen LogP contribution < -0.4 is 5.01 Å². The van der Waals surface area contributed by atoms with Crippen molar-refractivity contribution < 1.29 is 0 Å². The Hall–Kier alpha value is -3.24. The van der Waals surface area contributed by atoms with Crippen LogP contribution in [0.5, 0.6) is 0 Å². The van der Waals surface area contributed by atoms with Gasteiger partial charge >= 0.3 is 0 Å². The van der Waals surface area contributed by atoms with E-state index >= 15 is 0 Å². The first-order chi connectivity index (χ1) is 14.7. The first-order valence-electron chi connectivity index (χ1n) is 10.2. The zero-order valence-corrected chi connectivity index (χ0v) is 17.9. The maximum absolute atomic E-state index is 5.03. The summed E-state index contributed by atoms with van der Waals surface area (Å²) in [5, 5.41) is 10.2. The third kappa shape index (κ3) is 3.55. The summed E-state index contributed by atoms with van der Waals surface area (Å²) in [6.45, 7) is 4.26. The average molecular weight is 410 g/mol. The van der Waals surface area contributed by atoms with Gasteiger partial charge in [-0.15, -0.1) is 11.3 Å². The number of anilines is 1.